The van der Waals surface area contributed by atoms with Gasteiger partial charge in [-0.3, -0.25) is 9.97 Å². The van der Waals surface area contributed by atoms with E-state index in [9.17, 15) is 0 Å². The molecule has 1 aliphatic rings. The Balaban J connectivity index is 1.50. The van der Waals surface area contributed by atoms with Crippen LogP contribution in [0.2, 0.25) is 0 Å². The molecular weight excluding hydrogens is 274 g/mol. The topological polar surface area (TPSA) is 62.7 Å². The van der Waals surface area contributed by atoms with Crippen LogP contribution in [0.1, 0.15) is 24.2 Å². The highest BCUT2D eigenvalue weighted by molar-refractivity contribution is 5.35. The van der Waals surface area contributed by atoms with Crippen LogP contribution in [0.3, 0.4) is 0 Å². The van der Waals surface area contributed by atoms with Crippen molar-refractivity contribution in [3.63, 3.8) is 0 Å². The van der Waals surface area contributed by atoms with Gasteiger partial charge in [-0.2, -0.15) is 0 Å². The van der Waals surface area contributed by atoms with E-state index in [4.69, 9.17) is 4.98 Å². The van der Waals surface area contributed by atoms with Crippen molar-refractivity contribution in [1.82, 2.24) is 20.3 Å². The zero-order valence-corrected chi connectivity index (χ0v) is 12.8. The van der Waals surface area contributed by atoms with Gasteiger partial charge in [0.05, 0.1) is 5.69 Å². The number of nitrogens with one attached hydrogen (secondary N) is 2. The van der Waals surface area contributed by atoms with Crippen molar-refractivity contribution >= 4 is 5.82 Å². The Hall–Kier alpha value is -2.01. The molecule has 1 atom stereocenters. The van der Waals surface area contributed by atoms with Crippen LogP contribution in [0.25, 0.3) is 0 Å². The fraction of sp³-hybridized carbons (Fsp3) is 0.471. The molecule has 1 unspecified atom stereocenters. The number of aromatic nitrogens is 3. The second kappa shape index (κ2) is 7.84. The molecule has 0 radical (unpaired) electrons. The van der Waals surface area contributed by atoms with Gasteiger partial charge in [0.2, 0.25) is 0 Å². The van der Waals surface area contributed by atoms with Crippen molar-refractivity contribution in [2.45, 2.75) is 25.7 Å². The number of rotatable bonds is 6. The largest absolute Gasteiger partial charge is 0.370 e. The van der Waals surface area contributed by atoms with Crippen LogP contribution in [-0.2, 0) is 12.8 Å². The van der Waals surface area contributed by atoms with Gasteiger partial charge in [0.25, 0.3) is 0 Å². The van der Waals surface area contributed by atoms with E-state index in [0.717, 1.165) is 49.9 Å². The maximum absolute atomic E-state index is 4.72. The predicted molar refractivity (Wildman–Crippen MR) is 87.8 cm³/mol. The second-order valence-electron chi connectivity index (χ2n) is 5.80. The first-order valence-electron chi connectivity index (χ1n) is 8.05. The highest BCUT2D eigenvalue weighted by atomic mass is 15.0. The number of pyridine rings is 1. The van der Waals surface area contributed by atoms with Crippen molar-refractivity contribution < 1.29 is 0 Å². The van der Waals surface area contributed by atoms with Crippen LogP contribution in [0.4, 0.5) is 5.82 Å². The molecule has 5 nitrogen and oxygen atoms in total. The number of piperidine rings is 1. The number of anilines is 1. The molecule has 2 N–H and O–H groups in total. The molecule has 2 aromatic heterocycles. The summed E-state index contributed by atoms with van der Waals surface area (Å²) in [4.78, 5) is 13.1. The van der Waals surface area contributed by atoms with E-state index >= 15 is 0 Å². The van der Waals surface area contributed by atoms with Gasteiger partial charge in [0, 0.05) is 37.3 Å². The molecule has 1 aliphatic heterocycles. The molecule has 0 aromatic carbocycles. The summed E-state index contributed by atoms with van der Waals surface area (Å²) in [5, 5.41) is 6.84. The summed E-state index contributed by atoms with van der Waals surface area (Å²) in [5.74, 6) is 1.67. The first-order valence-corrected chi connectivity index (χ1v) is 8.05. The van der Waals surface area contributed by atoms with Gasteiger partial charge >= 0.3 is 0 Å². The predicted octanol–water partition coefficient (Wildman–Crippen LogP) is 2.07. The van der Waals surface area contributed by atoms with E-state index in [-0.39, 0.29) is 0 Å². The molecule has 0 spiro atoms. The summed E-state index contributed by atoms with van der Waals surface area (Å²) in [5.41, 5.74) is 2.18. The Labute approximate surface area is 131 Å². The SMILES string of the molecule is c1cc(CC2CCCNC2)nc(NCCc2cnccn2)c1. The Morgan fingerprint density at radius 1 is 1.23 bits per heavy atom. The van der Waals surface area contributed by atoms with E-state index in [0.29, 0.717) is 0 Å². The molecule has 5 heteroatoms. The second-order valence-corrected chi connectivity index (χ2v) is 5.80. The zero-order chi connectivity index (χ0) is 15.0. The van der Waals surface area contributed by atoms with E-state index in [1.54, 1.807) is 12.4 Å². The van der Waals surface area contributed by atoms with Gasteiger partial charge in [0.15, 0.2) is 0 Å². The molecule has 0 bridgehead atoms. The van der Waals surface area contributed by atoms with Gasteiger partial charge in [-0.1, -0.05) is 6.07 Å². The minimum Gasteiger partial charge on any atom is -0.370 e. The smallest absolute Gasteiger partial charge is 0.126 e. The summed E-state index contributed by atoms with van der Waals surface area (Å²) in [6, 6.07) is 6.24. The van der Waals surface area contributed by atoms with Crippen molar-refractivity contribution in [3.8, 4) is 0 Å². The van der Waals surface area contributed by atoms with Crippen molar-refractivity contribution in [2.75, 3.05) is 25.0 Å². The summed E-state index contributed by atoms with van der Waals surface area (Å²) in [6.07, 6.45) is 9.73. The van der Waals surface area contributed by atoms with Crippen LogP contribution in [0, 0.1) is 5.92 Å². The lowest BCUT2D eigenvalue weighted by atomic mass is 9.94. The van der Waals surface area contributed by atoms with Crippen LogP contribution < -0.4 is 10.6 Å². The lowest BCUT2D eigenvalue weighted by Gasteiger charge is -2.22. The third-order valence-electron chi connectivity index (χ3n) is 4.01. The Bertz CT molecular complexity index is 566. The number of hydrogen-bond acceptors (Lipinski definition) is 5. The van der Waals surface area contributed by atoms with E-state index in [2.05, 4.69) is 32.7 Å². The van der Waals surface area contributed by atoms with Crippen LogP contribution in [0.15, 0.2) is 36.8 Å². The van der Waals surface area contributed by atoms with Crippen LogP contribution in [-0.4, -0.2) is 34.6 Å². The minimum absolute atomic E-state index is 0.719. The molecule has 3 heterocycles. The third-order valence-corrected chi connectivity index (χ3v) is 4.01. The maximum Gasteiger partial charge on any atom is 0.126 e. The minimum atomic E-state index is 0.719. The maximum atomic E-state index is 4.72. The van der Waals surface area contributed by atoms with E-state index in [1.165, 1.54) is 18.5 Å². The Morgan fingerprint density at radius 3 is 3.05 bits per heavy atom. The highest BCUT2D eigenvalue weighted by Gasteiger charge is 2.14. The van der Waals surface area contributed by atoms with Crippen molar-refractivity contribution in [3.05, 3.63) is 48.2 Å². The Morgan fingerprint density at radius 2 is 2.23 bits per heavy atom. The van der Waals surface area contributed by atoms with Crippen LogP contribution >= 0.6 is 0 Å². The normalized spacial score (nSPS) is 18.1. The summed E-state index contributed by atoms with van der Waals surface area (Å²) in [7, 11) is 0. The van der Waals surface area contributed by atoms with Crippen LogP contribution in [0.5, 0.6) is 0 Å². The van der Waals surface area contributed by atoms with E-state index < -0.39 is 0 Å². The van der Waals surface area contributed by atoms with Gasteiger partial charge in [-0.05, 0) is 50.4 Å². The van der Waals surface area contributed by atoms with Gasteiger partial charge in [-0.15, -0.1) is 0 Å². The molecule has 3 rings (SSSR count). The standard InChI is InChI=1S/C17H23N5/c1-4-15(11-14-3-2-7-18-12-14)22-17(5-1)21-8-6-16-13-19-9-10-20-16/h1,4-5,9-10,13-14,18H,2-3,6-8,11-12H2,(H,21,22). The molecule has 0 saturated carbocycles. The Kier molecular flexibility index (Phi) is 5.32. The molecule has 0 amide bonds. The molecule has 22 heavy (non-hydrogen) atoms. The first kappa shape index (κ1) is 14.9. The fourth-order valence-corrected chi connectivity index (χ4v) is 2.86. The van der Waals surface area contributed by atoms with Crippen molar-refractivity contribution in [2.24, 2.45) is 5.92 Å². The average Bonchev–Trinajstić information content (AvgIpc) is 2.57. The first-order chi connectivity index (χ1) is 10.9. The van der Waals surface area contributed by atoms with Gasteiger partial charge < -0.3 is 10.6 Å². The van der Waals surface area contributed by atoms with Gasteiger partial charge in [0.1, 0.15) is 5.82 Å². The van der Waals surface area contributed by atoms with Gasteiger partial charge in [-0.25, -0.2) is 4.98 Å². The van der Waals surface area contributed by atoms with Crippen molar-refractivity contribution in [1.29, 1.82) is 0 Å². The molecule has 1 fully saturated rings. The number of nitrogens with zero attached hydrogens (tertiary/aromatic N) is 3. The van der Waals surface area contributed by atoms with E-state index in [1.807, 2.05) is 12.3 Å². The summed E-state index contributed by atoms with van der Waals surface area (Å²) >= 11 is 0. The monoisotopic (exact) mass is 297 g/mol. The lowest BCUT2D eigenvalue weighted by Crippen LogP contribution is -2.31. The average molecular weight is 297 g/mol. The molecule has 0 aliphatic carbocycles. The molecule has 116 valence electrons. The third kappa shape index (κ3) is 4.49. The molecular formula is C17H23N5. The molecule has 1 saturated heterocycles. The lowest BCUT2D eigenvalue weighted by molar-refractivity contribution is 0.373. The highest BCUT2D eigenvalue weighted by Crippen LogP contribution is 2.16. The zero-order valence-electron chi connectivity index (χ0n) is 12.8. The fourth-order valence-electron chi connectivity index (χ4n) is 2.86. The quantitative estimate of drug-likeness (QED) is 0.854. The molecule has 2 aromatic rings. The summed E-state index contributed by atoms with van der Waals surface area (Å²) in [6.45, 7) is 3.10. The number of hydrogen-bond donors (Lipinski definition) is 2. The summed E-state index contributed by atoms with van der Waals surface area (Å²) < 4.78 is 0.